The molecule has 0 fully saturated rings. The highest BCUT2D eigenvalue weighted by Crippen LogP contribution is 2.18. The van der Waals surface area contributed by atoms with Crippen LogP contribution < -0.4 is 10.1 Å². The fraction of sp³-hybridized carbons (Fsp3) is 0.348. The molecule has 0 saturated carbocycles. The van der Waals surface area contributed by atoms with Gasteiger partial charge in [0.1, 0.15) is 5.75 Å². The van der Waals surface area contributed by atoms with Crippen LogP contribution in [-0.4, -0.2) is 22.7 Å². The minimum atomic E-state index is -0.314. The van der Waals surface area contributed by atoms with Gasteiger partial charge in [-0.25, -0.2) is 0 Å². The molecule has 0 spiro atoms. The molecule has 0 aliphatic heterocycles. The van der Waals surface area contributed by atoms with Crippen molar-refractivity contribution in [3.63, 3.8) is 0 Å². The second kappa shape index (κ2) is 9.87. The Morgan fingerprint density at radius 3 is 2.76 bits per heavy atom. The number of carbonyl (C=O) groups is 1. The number of unbranched alkanes of at least 4 members (excludes halogenated alkanes) is 2. The predicted octanol–water partition coefficient (Wildman–Crippen LogP) is 5.10. The van der Waals surface area contributed by atoms with E-state index in [4.69, 9.17) is 9.15 Å². The van der Waals surface area contributed by atoms with E-state index in [9.17, 15) is 4.79 Å². The summed E-state index contributed by atoms with van der Waals surface area (Å²) in [5.41, 5.74) is 3.98. The summed E-state index contributed by atoms with van der Waals surface area (Å²) in [4.78, 5) is 12.5. The van der Waals surface area contributed by atoms with Gasteiger partial charge in [-0.2, -0.15) is 0 Å². The monoisotopic (exact) mass is 393 g/mol. The minimum Gasteiger partial charge on any atom is -0.494 e. The van der Waals surface area contributed by atoms with Crippen LogP contribution >= 0.6 is 0 Å². The van der Waals surface area contributed by atoms with Crippen molar-refractivity contribution < 1.29 is 13.9 Å². The molecule has 29 heavy (non-hydrogen) atoms. The van der Waals surface area contributed by atoms with Crippen LogP contribution in [0.5, 0.6) is 5.75 Å². The standard InChI is InChI=1S/C23H27N3O3/c1-4-5-6-12-28-20-9-7-8-19(14-20)22(27)24-23-26-25-21(29-23)15-18-11-10-16(2)13-17(18)3/h7-11,13-14H,4-6,12,15H2,1-3H3,(H,24,26,27). The second-order valence-electron chi connectivity index (χ2n) is 7.15. The molecule has 1 aromatic heterocycles. The molecule has 1 heterocycles. The molecular weight excluding hydrogens is 366 g/mol. The first kappa shape index (κ1) is 20.6. The summed E-state index contributed by atoms with van der Waals surface area (Å²) in [5.74, 6) is 0.820. The first-order valence-electron chi connectivity index (χ1n) is 9.98. The fourth-order valence-electron chi connectivity index (χ4n) is 3.02. The number of carbonyl (C=O) groups excluding carboxylic acids is 1. The van der Waals surface area contributed by atoms with Crippen molar-refractivity contribution in [2.24, 2.45) is 0 Å². The maximum absolute atomic E-state index is 12.5. The van der Waals surface area contributed by atoms with Crippen LogP contribution in [0.4, 0.5) is 6.01 Å². The molecule has 6 nitrogen and oxygen atoms in total. The van der Waals surface area contributed by atoms with Crippen LogP contribution in [0.3, 0.4) is 0 Å². The summed E-state index contributed by atoms with van der Waals surface area (Å²) in [6.07, 6.45) is 3.79. The van der Waals surface area contributed by atoms with Gasteiger partial charge in [0, 0.05) is 5.56 Å². The van der Waals surface area contributed by atoms with Gasteiger partial charge in [0.15, 0.2) is 0 Å². The third-order valence-corrected chi connectivity index (χ3v) is 4.64. The highest BCUT2D eigenvalue weighted by molar-refractivity contribution is 6.03. The van der Waals surface area contributed by atoms with Crippen LogP contribution in [0.2, 0.25) is 0 Å². The van der Waals surface area contributed by atoms with E-state index in [1.54, 1.807) is 18.2 Å². The number of aryl methyl sites for hydroxylation is 2. The fourth-order valence-corrected chi connectivity index (χ4v) is 3.02. The van der Waals surface area contributed by atoms with Crippen molar-refractivity contribution in [1.29, 1.82) is 0 Å². The lowest BCUT2D eigenvalue weighted by molar-refractivity contribution is 0.102. The van der Waals surface area contributed by atoms with Crippen LogP contribution in [-0.2, 0) is 6.42 Å². The molecule has 6 heteroatoms. The number of nitrogens with one attached hydrogen (secondary N) is 1. The Labute approximate surface area is 171 Å². The largest absolute Gasteiger partial charge is 0.494 e. The van der Waals surface area contributed by atoms with Gasteiger partial charge in [-0.3, -0.25) is 10.1 Å². The van der Waals surface area contributed by atoms with Crippen molar-refractivity contribution in [2.75, 3.05) is 11.9 Å². The highest BCUT2D eigenvalue weighted by atomic mass is 16.5. The van der Waals surface area contributed by atoms with E-state index >= 15 is 0 Å². The molecule has 0 aliphatic carbocycles. The summed E-state index contributed by atoms with van der Waals surface area (Å²) in [5, 5.41) is 10.6. The minimum absolute atomic E-state index is 0.0871. The molecule has 0 radical (unpaired) electrons. The van der Waals surface area contributed by atoms with Crippen LogP contribution in [0.25, 0.3) is 0 Å². The molecular formula is C23H27N3O3. The van der Waals surface area contributed by atoms with Gasteiger partial charge < -0.3 is 9.15 Å². The van der Waals surface area contributed by atoms with Gasteiger partial charge in [-0.15, -0.1) is 5.10 Å². The average molecular weight is 393 g/mol. The van der Waals surface area contributed by atoms with Crippen LogP contribution in [0.15, 0.2) is 46.9 Å². The van der Waals surface area contributed by atoms with E-state index in [-0.39, 0.29) is 11.9 Å². The molecule has 3 aromatic rings. The van der Waals surface area contributed by atoms with Gasteiger partial charge in [0.05, 0.1) is 13.0 Å². The van der Waals surface area contributed by atoms with E-state index in [1.165, 1.54) is 11.1 Å². The topological polar surface area (TPSA) is 77.2 Å². The van der Waals surface area contributed by atoms with Crippen LogP contribution in [0, 0.1) is 13.8 Å². The van der Waals surface area contributed by atoms with E-state index in [2.05, 4.69) is 54.5 Å². The number of rotatable bonds is 9. The zero-order valence-electron chi connectivity index (χ0n) is 17.2. The number of hydrogen-bond donors (Lipinski definition) is 1. The maximum atomic E-state index is 12.5. The van der Waals surface area contributed by atoms with Crippen molar-refractivity contribution in [3.8, 4) is 5.75 Å². The molecule has 152 valence electrons. The number of benzene rings is 2. The molecule has 0 aliphatic rings. The Hall–Kier alpha value is -3.15. The molecule has 0 unspecified atom stereocenters. The SMILES string of the molecule is CCCCCOc1cccc(C(=O)Nc2nnc(Cc3ccc(C)cc3C)o2)c1. The van der Waals surface area contributed by atoms with Crippen molar-refractivity contribution in [2.45, 2.75) is 46.5 Å². The Bertz CT molecular complexity index is 966. The van der Waals surface area contributed by atoms with Crippen LogP contribution in [0.1, 0.15) is 59.1 Å². The Morgan fingerprint density at radius 1 is 1.10 bits per heavy atom. The zero-order chi connectivity index (χ0) is 20.6. The number of aromatic nitrogens is 2. The summed E-state index contributed by atoms with van der Waals surface area (Å²) >= 11 is 0. The molecule has 3 rings (SSSR count). The van der Waals surface area contributed by atoms with E-state index in [0.29, 0.717) is 30.2 Å². The van der Waals surface area contributed by atoms with Crippen molar-refractivity contribution >= 4 is 11.9 Å². The van der Waals surface area contributed by atoms with Crippen molar-refractivity contribution in [1.82, 2.24) is 10.2 Å². The normalized spacial score (nSPS) is 10.7. The highest BCUT2D eigenvalue weighted by Gasteiger charge is 2.13. The number of anilines is 1. The smallest absolute Gasteiger partial charge is 0.322 e. The summed E-state index contributed by atoms with van der Waals surface area (Å²) < 4.78 is 11.3. The zero-order valence-corrected chi connectivity index (χ0v) is 17.2. The Morgan fingerprint density at radius 2 is 1.97 bits per heavy atom. The summed E-state index contributed by atoms with van der Waals surface area (Å²) in [6, 6.07) is 13.4. The second-order valence-corrected chi connectivity index (χ2v) is 7.15. The lowest BCUT2D eigenvalue weighted by Crippen LogP contribution is -2.12. The molecule has 1 amide bonds. The van der Waals surface area contributed by atoms with Crippen molar-refractivity contribution in [3.05, 3.63) is 70.6 Å². The molecule has 1 N–H and O–H groups in total. The predicted molar refractivity (Wildman–Crippen MR) is 112 cm³/mol. The summed E-state index contributed by atoms with van der Waals surface area (Å²) in [6.45, 7) is 6.90. The Balaban J connectivity index is 1.60. The maximum Gasteiger partial charge on any atom is 0.322 e. The average Bonchev–Trinajstić information content (AvgIpc) is 3.14. The van der Waals surface area contributed by atoms with E-state index in [1.807, 2.05) is 6.07 Å². The molecule has 2 aromatic carbocycles. The van der Waals surface area contributed by atoms with E-state index in [0.717, 1.165) is 24.8 Å². The number of ether oxygens (including phenoxy) is 1. The number of hydrogen-bond acceptors (Lipinski definition) is 5. The van der Waals surface area contributed by atoms with Gasteiger partial charge in [-0.05, 0) is 49.6 Å². The first-order valence-corrected chi connectivity index (χ1v) is 9.98. The van der Waals surface area contributed by atoms with E-state index < -0.39 is 0 Å². The first-order chi connectivity index (χ1) is 14.0. The van der Waals surface area contributed by atoms with Gasteiger partial charge in [0.25, 0.3) is 5.91 Å². The molecule has 0 saturated heterocycles. The Kier molecular flexibility index (Phi) is 7.00. The van der Waals surface area contributed by atoms with Gasteiger partial charge in [0.2, 0.25) is 5.89 Å². The van der Waals surface area contributed by atoms with Gasteiger partial charge >= 0.3 is 6.01 Å². The molecule has 0 bridgehead atoms. The lowest BCUT2D eigenvalue weighted by Gasteiger charge is -2.07. The number of amides is 1. The summed E-state index contributed by atoms with van der Waals surface area (Å²) in [7, 11) is 0. The third-order valence-electron chi connectivity index (χ3n) is 4.64. The number of nitrogens with zero attached hydrogens (tertiary/aromatic N) is 2. The molecule has 0 atom stereocenters. The third kappa shape index (κ3) is 5.91. The lowest BCUT2D eigenvalue weighted by atomic mass is 10.0. The van der Waals surface area contributed by atoms with Gasteiger partial charge in [-0.1, -0.05) is 54.7 Å². The quantitative estimate of drug-likeness (QED) is 0.512.